The van der Waals surface area contributed by atoms with Crippen LogP contribution in [0.15, 0.2) is 22.8 Å². The van der Waals surface area contributed by atoms with E-state index in [1.165, 1.54) is 25.3 Å². The lowest BCUT2D eigenvalue weighted by atomic mass is 10.4. The fraction of sp³-hybridized carbons (Fsp3) is 0.400. The van der Waals surface area contributed by atoms with Crippen LogP contribution >= 0.6 is 0 Å². The number of carbonyl (C=O) groups excluding carboxylic acids is 2. The van der Waals surface area contributed by atoms with Crippen LogP contribution in [0, 0.1) is 0 Å². The summed E-state index contributed by atoms with van der Waals surface area (Å²) in [7, 11) is 2.75. The summed E-state index contributed by atoms with van der Waals surface area (Å²) in [6.45, 7) is 0.258. The Morgan fingerprint density at radius 1 is 1.56 bits per heavy atom. The number of hydrogen-bond donors (Lipinski definition) is 1. The Morgan fingerprint density at radius 3 is 2.88 bits per heavy atom. The van der Waals surface area contributed by atoms with E-state index < -0.39 is 6.09 Å². The fourth-order valence-corrected chi connectivity index (χ4v) is 1.09. The van der Waals surface area contributed by atoms with Crippen LogP contribution in [0.3, 0.4) is 0 Å². The van der Waals surface area contributed by atoms with E-state index in [0.717, 1.165) is 0 Å². The molecule has 6 heteroatoms. The first-order valence-electron chi connectivity index (χ1n) is 4.71. The summed E-state index contributed by atoms with van der Waals surface area (Å²) in [6, 6.07) is 3.49. The van der Waals surface area contributed by atoms with Gasteiger partial charge in [-0.1, -0.05) is 0 Å². The highest BCUT2D eigenvalue weighted by Gasteiger charge is 2.12. The Balaban J connectivity index is 2.28. The van der Waals surface area contributed by atoms with Gasteiger partial charge in [0.25, 0.3) is 0 Å². The summed E-state index contributed by atoms with van der Waals surface area (Å²) in [4.78, 5) is 23.5. The Labute approximate surface area is 93.2 Å². The second kappa shape index (κ2) is 5.79. The molecule has 0 aliphatic carbocycles. The quantitative estimate of drug-likeness (QED) is 0.815. The molecule has 88 valence electrons. The predicted molar refractivity (Wildman–Crippen MR) is 55.6 cm³/mol. The van der Waals surface area contributed by atoms with Crippen molar-refractivity contribution in [3.8, 4) is 0 Å². The van der Waals surface area contributed by atoms with E-state index in [-0.39, 0.29) is 12.5 Å². The first kappa shape index (κ1) is 12.1. The van der Waals surface area contributed by atoms with Gasteiger partial charge in [-0.05, 0) is 12.1 Å². The number of furan rings is 1. The molecule has 0 unspecified atom stereocenters. The lowest BCUT2D eigenvalue weighted by Gasteiger charge is -2.14. The van der Waals surface area contributed by atoms with Crippen LogP contribution in [-0.4, -0.2) is 37.6 Å². The van der Waals surface area contributed by atoms with Gasteiger partial charge in [0.2, 0.25) is 5.91 Å². The maximum atomic E-state index is 11.4. The number of likely N-dealkylation sites (N-methyl/N-ethyl adjacent to an activating group) is 1. The van der Waals surface area contributed by atoms with Crippen molar-refractivity contribution in [3.63, 3.8) is 0 Å². The molecule has 1 N–H and O–H groups in total. The summed E-state index contributed by atoms with van der Waals surface area (Å²) < 4.78 is 9.49. The molecule has 0 spiro atoms. The molecule has 6 nitrogen and oxygen atoms in total. The molecule has 1 heterocycles. The molecule has 16 heavy (non-hydrogen) atoms. The first-order valence-corrected chi connectivity index (χ1v) is 4.71. The van der Waals surface area contributed by atoms with Gasteiger partial charge in [0, 0.05) is 7.05 Å². The molecule has 1 aromatic heterocycles. The molecule has 0 atom stereocenters. The van der Waals surface area contributed by atoms with E-state index in [4.69, 9.17) is 4.42 Å². The highest BCUT2D eigenvalue weighted by molar-refractivity contribution is 5.81. The second-order valence-electron chi connectivity index (χ2n) is 3.18. The zero-order valence-corrected chi connectivity index (χ0v) is 9.23. The number of amides is 2. The van der Waals surface area contributed by atoms with Crippen molar-refractivity contribution < 1.29 is 18.7 Å². The molecular formula is C10H14N2O4. The van der Waals surface area contributed by atoms with E-state index in [1.807, 2.05) is 0 Å². The summed E-state index contributed by atoms with van der Waals surface area (Å²) in [5.41, 5.74) is 0. The minimum atomic E-state index is -0.548. The lowest BCUT2D eigenvalue weighted by Crippen LogP contribution is -2.37. The number of rotatable bonds is 4. The summed E-state index contributed by atoms with van der Waals surface area (Å²) in [5, 5.41) is 2.61. The third-order valence-electron chi connectivity index (χ3n) is 1.91. The molecule has 0 fully saturated rings. The second-order valence-corrected chi connectivity index (χ2v) is 3.18. The molecule has 0 bridgehead atoms. The Morgan fingerprint density at radius 2 is 2.31 bits per heavy atom. The van der Waals surface area contributed by atoms with E-state index >= 15 is 0 Å². The lowest BCUT2D eigenvalue weighted by molar-refractivity contribution is -0.121. The van der Waals surface area contributed by atoms with Gasteiger partial charge >= 0.3 is 6.09 Å². The summed E-state index contributed by atoms with van der Waals surface area (Å²) >= 11 is 0. The number of carbonyl (C=O) groups is 2. The molecule has 1 rings (SSSR count). The third-order valence-corrected chi connectivity index (χ3v) is 1.91. The predicted octanol–water partition coefficient (Wildman–Crippen LogP) is 0.594. The van der Waals surface area contributed by atoms with Crippen LogP contribution in [0.1, 0.15) is 5.76 Å². The Kier molecular flexibility index (Phi) is 4.38. The van der Waals surface area contributed by atoms with Gasteiger partial charge in [-0.15, -0.1) is 0 Å². The Bertz CT molecular complexity index is 348. The molecule has 0 aromatic carbocycles. The smallest absolute Gasteiger partial charge is 0.409 e. The molecule has 0 saturated carbocycles. The minimum absolute atomic E-state index is 0.0482. The van der Waals surface area contributed by atoms with Crippen molar-refractivity contribution in [2.24, 2.45) is 0 Å². The standard InChI is InChI=1S/C10H14N2O4/c1-12(10(14)15-2)7-9(13)11-6-8-4-3-5-16-8/h3-5H,6-7H2,1-2H3,(H,11,13). The first-order chi connectivity index (χ1) is 7.63. The average Bonchev–Trinajstić information content (AvgIpc) is 2.78. The van der Waals surface area contributed by atoms with Gasteiger partial charge < -0.3 is 19.4 Å². The van der Waals surface area contributed by atoms with E-state index in [0.29, 0.717) is 12.3 Å². The van der Waals surface area contributed by atoms with Crippen molar-refractivity contribution in [1.82, 2.24) is 10.2 Å². The SMILES string of the molecule is COC(=O)N(C)CC(=O)NCc1ccco1. The van der Waals surface area contributed by atoms with Gasteiger partial charge in [-0.3, -0.25) is 4.79 Å². The van der Waals surface area contributed by atoms with Gasteiger partial charge in [0.1, 0.15) is 12.3 Å². The summed E-state index contributed by atoms with van der Waals surface area (Å²) in [6.07, 6.45) is 0.982. The zero-order valence-electron chi connectivity index (χ0n) is 9.23. The van der Waals surface area contributed by atoms with Gasteiger partial charge in [0.05, 0.1) is 19.9 Å². The van der Waals surface area contributed by atoms with Crippen LogP contribution in [0.5, 0.6) is 0 Å². The Hall–Kier alpha value is -1.98. The molecule has 0 aliphatic rings. The summed E-state index contributed by atoms with van der Waals surface area (Å²) in [5.74, 6) is 0.387. The van der Waals surface area contributed by atoms with Crippen molar-refractivity contribution in [1.29, 1.82) is 0 Å². The fourth-order valence-electron chi connectivity index (χ4n) is 1.09. The van der Waals surface area contributed by atoms with Crippen molar-refractivity contribution in [3.05, 3.63) is 24.2 Å². The molecule has 0 aliphatic heterocycles. The molecule has 2 amide bonds. The minimum Gasteiger partial charge on any atom is -0.467 e. The van der Waals surface area contributed by atoms with Crippen LogP contribution in [0.25, 0.3) is 0 Å². The van der Waals surface area contributed by atoms with Crippen molar-refractivity contribution >= 4 is 12.0 Å². The van der Waals surface area contributed by atoms with Gasteiger partial charge in [-0.2, -0.15) is 0 Å². The highest BCUT2D eigenvalue weighted by Crippen LogP contribution is 1.98. The molecule has 0 radical (unpaired) electrons. The van der Waals surface area contributed by atoms with Crippen LogP contribution in [0.2, 0.25) is 0 Å². The molecule has 0 saturated heterocycles. The third kappa shape index (κ3) is 3.64. The van der Waals surface area contributed by atoms with Gasteiger partial charge in [-0.25, -0.2) is 4.79 Å². The molecular weight excluding hydrogens is 212 g/mol. The monoisotopic (exact) mass is 226 g/mol. The normalized spacial score (nSPS) is 9.62. The zero-order chi connectivity index (χ0) is 12.0. The number of ether oxygens (including phenoxy) is 1. The maximum absolute atomic E-state index is 11.4. The van der Waals surface area contributed by atoms with Crippen LogP contribution < -0.4 is 5.32 Å². The largest absolute Gasteiger partial charge is 0.467 e. The molecule has 1 aromatic rings. The maximum Gasteiger partial charge on any atom is 0.409 e. The highest BCUT2D eigenvalue weighted by atomic mass is 16.5. The van der Waals surface area contributed by atoms with Gasteiger partial charge in [0.15, 0.2) is 0 Å². The average molecular weight is 226 g/mol. The van der Waals surface area contributed by atoms with Crippen molar-refractivity contribution in [2.45, 2.75) is 6.54 Å². The number of nitrogens with one attached hydrogen (secondary N) is 1. The topological polar surface area (TPSA) is 71.8 Å². The number of methoxy groups -OCH3 is 1. The van der Waals surface area contributed by atoms with E-state index in [9.17, 15) is 9.59 Å². The van der Waals surface area contributed by atoms with E-state index in [1.54, 1.807) is 12.1 Å². The van der Waals surface area contributed by atoms with Crippen LogP contribution in [0.4, 0.5) is 4.79 Å². The van der Waals surface area contributed by atoms with Crippen molar-refractivity contribution in [2.75, 3.05) is 20.7 Å². The van der Waals surface area contributed by atoms with E-state index in [2.05, 4.69) is 10.1 Å². The number of nitrogens with zero attached hydrogens (tertiary/aromatic N) is 1. The number of hydrogen-bond acceptors (Lipinski definition) is 4. The van der Waals surface area contributed by atoms with Crippen LogP contribution in [-0.2, 0) is 16.1 Å².